The normalized spacial score (nSPS) is 16.2. The maximum absolute atomic E-state index is 4.55. The Balaban J connectivity index is 1.46. The van der Waals surface area contributed by atoms with E-state index in [0.717, 1.165) is 31.9 Å². The van der Waals surface area contributed by atoms with Crippen LogP contribution in [0.3, 0.4) is 0 Å². The number of aromatic nitrogens is 2. The zero-order valence-corrected chi connectivity index (χ0v) is 16.1. The molecule has 3 heterocycles. The number of likely N-dealkylation sites (tertiary alicyclic amines) is 1. The lowest BCUT2D eigenvalue weighted by atomic mass is 10.1. The van der Waals surface area contributed by atoms with E-state index >= 15 is 0 Å². The van der Waals surface area contributed by atoms with Gasteiger partial charge in [-0.25, -0.2) is 0 Å². The van der Waals surface area contributed by atoms with Crippen LogP contribution in [0.5, 0.6) is 0 Å². The van der Waals surface area contributed by atoms with Crippen molar-refractivity contribution in [3.63, 3.8) is 0 Å². The fourth-order valence-electron chi connectivity index (χ4n) is 3.44. The molecular formula is C19H30N4S. The van der Waals surface area contributed by atoms with Crippen LogP contribution in [0.15, 0.2) is 18.2 Å². The van der Waals surface area contributed by atoms with Crippen LogP contribution in [0.4, 0.5) is 0 Å². The zero-order valence-electron chi connectivity index (χ0n) is 15.3. The molecule has 0 spiro atoms. The second-order valence-electron chi connectivity index (χ2n) is 7.09. The second-order valence-corrected chi connectivity index (χ2v) is 8.35. The van der Waals surface area contributed by atoms with E-state index in [-0.39, 0.29) is 0 Å². The molecule has 4 nitrogen and oxygen atoms in total. The largest absolute Gasteiger partial charge is 0.299 e. The maximum atomic E-state index is 4.55. The molecule has 132 valence electrons. The molecule has 1 aliphatic heterocycles. The van der Waals surface area contributed by atoms with Crippen LogP contribution in [0.1, 0.15) is 40.4 Å². The zero-order chi connectivity index (χ0) is 16.9. The Bertz CT molecular complexity index is 640. The van der Waals surface area contributed by atoms with Gasteiger partial charge in [0.05, 0.1) is 12.2 Å². The molecule has 0 unspecified atom stereocenters. The Morgan fingerprint density at radius 2 is 1.88 bits per heavy atom. The molecule has 0 aromatic carbocycles. The highest BCUT2D eigenvalue weighted by molar-refractivity contribution is 7.11. The fraction of sp³-hybridized carbons (Fsp3) is 0.632. The Labute approximate surface area is 150 Å². The number of likely N-dealkylation sites (N-methyl/N-ethyl adjacent to an activating group) is 1. The summed E-state index contributed by atoms with van der Waals surface area (Å²) in [6, 6.07) is 6.78. The number of hydrogen-bond donors (Lipinski definition) is 0. The molecule has 0 saturated carbocycles. The van der Waals surface area contributed by atoms with E-state index in [9.17, 15) is 0 Å². The van der Waals surface area contributed by atoms with Crippen LogP contribution in [-0.2, 0) is 19.6 Å². The number of aryl methyl sites for hydroxylation is 2. The Morgan fingerprint density at radius 3 is 2.58 bits per heavy atom. The SMILES string of the molecule is Cc1cc(C)n(CCN(C)Cc2ccc(CN3CCCCC3)s2)n1. The van der Waals surface area contributed by atoms with Crippen LogP contribution in [0.2, 0.25) is 0 Å². The molecule has 0 amide bonds. The van der Waals surface area contributed by atoms with Crippen molar-refractivity contribution in [1.82, 2.24) is 19.6 Å². The Morgan fingerprint density at radius 1 is 1.12 bits per heavy atom. The second kappa shape index (κ2) is 8.28. The number of hydrogen-bond acceptors (Lipinski definition) is 4. The third-order valence-electron chi connectivity index (χ3n) is 4.77. The van der Waals surface area contributed by atoms with Crippen molar-refractivity contribution < 1.29 is 0 Å². The van der Waals surface area contributed by atoms with Crippen molar-refractivity contribution in [2.75, 3.05) is 26.7 Å². The van der Waals surface area contributed by atoms with E-state index in [2.05, 4.69) is 58.7 Å². The van der Waals surface area contributed by atoms with Crippen molar-refractivity contribution in [1.29, 1.82) is 0 Å². The average molecular weight is 347 g/mol. The van der Waals surface area contributed by atoms with Gasteiger partial charge < -0.3 is 0 Å². The van der Waals surface area contributed by atoms with E-state index in [1.54, 1.807) is 0 Å². The molecule has 0 radical (unpaired) electrons. The molecule has 1 fully saturated rings. The van der Waals surface area contributed by atoms with E-state index in [1.165, 1.54) is 47.8 Å². The topological polar surface area (TPSA) is 24.3 Å². The number of rotatable bonds is 7. The highest BCUT2D eigenvalue weighted by Gasteiger charge is 2.12. The van der Waals surface area contributed by atoms with Gasteiger partial charge >= 0.3 is 0 Å². The number of nitrogens with zero attached hydrogens (tertiary/aromatic N) is 4. The molecule has 0 atom stereocenters. The summed E-state index contributed by atoms with van der Waals surface area (Å²) in [5.74, 6) is 0. The summed E-state index contributed by atoms with van der Waals surface area (Å²) in [5.41, 5.74) is 2.36. The average Bonchev–Trinajstić information content (AvgIpc) is 3.12. The van der Waals surface area contributed by atoms with E-state index < -0.39 is 0 Å². The smallest absolute Gasteiger partial charge is 0.0596 e. The summed E-state index contributed by atoms with van der Waals surface area (Å²) in [5, 5.41) is 4.55. The minimum absolute atomic E-state index is 0.960. The number of piperidine rings is 1. The lowest BCUT2D eigenvalue weighted by molar-refractivity contribution is 0.222. The van der Waals surface area contributed by atoms with Gasteiger partial charge in [-0.3, -0.25) is 14.5 Å². The van der Waals surface area contributed by atoms with Gasteiger partial charge in [-0.05, 0) is 65.0 Å². The fourth-order valence-corrected chi connectivity index (χ4v) is 4.58. The molecule has 2 aromatic heterocycles. The van der Waals surface area contributed by atoms with E-state index in [1.807, 2.05) is 11.3 Å². The lowest BCUT2D eigenvalue weighted by Gasteiger charge is -2.25. The van der Waals surface area contributed by atoms with Gasteiger partial charge in [0.15, 0.2) is 0 Å². The first-order valence-electron chi connectivity index (χ1n) is 9.10. The van der Waals surface area contributed by atoms with Gasteiger partial charge in [0.2, 0.25) is 0 Å². The van der Waals surface area contributed by atoms with Crippen LogP contribution < -0.4 is 0 Å². The molecule has 24 heavy (non-hydrogen) atoms. The summed E-state index contributed by atoms with van der Waals surface area (Å²) in [4.78, 5) is 7.98. The van der Waals surface area contributed by atoms with Gasteiger partial charge in [0.25, 0.3) is 0 Å². The molecule has 5 heteroatoms. The molecular weight excluding hydrogens is 316 g/mol. The minimum atomic E-state index is 0.960. The maximum Gasteiger partial charge on any atom is 0.0596 e. The summed E-state index contributed by atoms with van der Waals surface area (Å²) >= 11 is 1.98. The van der Waals surface area contributed by atoms with Gasteiger partial charge in [0, 0.05) is 35.1 Å². The first kappa shape index (κ1) is 17.6. The van der Waals surface area contributed by atoms with Crippen LogP contribution >= 0.6 is 11.3 Å². The molecule has 2 aromatic rings. The highest BCUT2D eigenvalue weighted by atomic mass is 32.1. The van der Waals surface area contributed by atoms with Gasteiger partial charge in [-0.2, -0.15) is 5.10 Å². The first-order chi connectivity index (χ1) is 11.6. The van der Waals surface area contributed by atoms with Crippen molar-refractivity contribution in [2.24, 2.45) is 0 Å². The van der Waals surface area contributed by atoms with Crippen LogP contribution in [0.25, 0.3) is 0 Å². The summed E-state index contributed by atoms with van der Waals surface area (Å²) in [6.07, 6.45) is 4.15. The Kier molecular flexibility index (Phi) is 6.09. The van der Waals surface area contributed by atoms with Crippen molar-refractivity contribution in [2.45, 2.75) is 52.7 Å². The quantitative estimate of drug-likeness (QED) is 0.764. The van der Waals surface area contributed by atoms with Crippen molar-refractivity contribution in [3.05, 3.63) is 39.3 Å². The summed E-state index contributed by atoms with van der Waals surface area (Å²) in [6.45, 7) is 10.9. The molecule has 1 aliphatic rings. The molecule has 0 N–H and O–H groups in total. The third-order valence-corrected chi connectivity index (χ3v) is 5.82. The van der Waals surface area contributed by atoms with Gasteiger partial charge in [-0.15, -0.1) is 11.3 Å². The summed E-state index contributed by atoms with van der Waals surface area (Å²) in [7, 11) is 2.20. The van der Waals surface area contributed by atoms with E-state index in [4.69, 9.17) is 0 Å². The van der Waals surface area contributed by atoms with E-state index in [0.29, 0.717) is 0 Å². The lowest BCUT2D eigenvalue weighted by Crippen LogP contribution is -2.28. The van der Waals surface area contributed by atoms with Gasteiger partial charge in [0.1, 0.15) is 0 Å². The molecule has 0 bridgehead atoms. The highest BCUT2D eigenvalue weighted by Crippen LogP contribution is 2.21. The third kappa shape index (κ3) is 4.91. The molecule has 1 saturated heterocycles. The molecule has 0 aliphatic carbocycles. The minimum Gasteiger partial charge on any atom is -0.299 e. The standard InChI is InChI=1S/C19H30N4S/c1-16-13-17(2)23(20-16)12-11-21(3)14-18-7-8-19(24-18)15-22-9-5-4-6-10-22/h7-8,13H,4-6,9-12,14-15H2,1-3H3. The summed E-state index contributed by atoms with van der Waals surface area (Å²) < 4.78 is 2.11. The van der Waals surface area contributed by atoms with Gasteiger partial charge in [-0.1, -0.05) is 6.42 Å². The van der Waals surface area contributed by atoms with Crippen molar-refractivity contribution in [3.8, 4) is 0 Å². The van der Waals surface area contributed by atoms with Crippen molar-refractivity contribution >= 4 is 11.3 Å². The molecule has 3 rings (SSSR count). The predicted molar refractivity (Wildman–Crippen MR) is 101 cm³/mol. The predicted octanol–water partition coefficient (Wildman–Crippen LogP) is 3.68. The van der Waals surface area contributed by atoms with Crippen LogP contribution in [-0.4, -0.2) is 46.3 Å². The number of thiophene rings is 1. The first-order valence-corrected chi connectivity index (χ1v) is 9.91. The van der Waals surface area contributed by atoms with Crippen LogP contribution in [0, 0.1) is 13.8 Å². The monoisotopic (exact) mass is 346 g/mol. The Hall–Kier alpha value is -1.17.